The number of amidine groups is 1. The van der Waals surface area contributed by atoms with Gasteiger partial charge in [0, 0.05) is 27.3 Å². The van der Waals surface area contributed by atoms with Gasteiger partial charge >= 0.3 is 0 Å². The van der Waals surface area contributed by atoms with Gasteiger partial charge in [-0.1, -0.05) is 17.3 Å². The second-order valence-electron chi connectivity index (χ2n) is 4.54. The van der Waals surface area contributed by atoms with Crippen LogP contribution in [0.25, 0.3) is 0 Å². The molecule has 106 valence electrons. The van der Waals surface area contributed by atoms with E-state index in [1.807, 2.05) is 32.2 Å². The van der Waals surface area contributed by atoms with E-state index in [2.05, 4.69) is 37.4 Å². The molecule has 2 aromatic rings. The molecule has 0 fully saturated rings. The summed E-state index contributed by atoms with van der Waals surface area (Å²) in [6.45, 7) is 2.79. The molecule has 3 N–H and O–H groups in total. The SMILES string of the molecule is Cc1cccc(/C(N)=N/O)c1N(C)Cc1cc(Br)cs1. The topological polar surface area (TPSA) is 61.9 Å². The molecule has 0 amide bonds. The van der Waals surface area contributed by atoms with E-state index < -0.39 is 0 Å². The highest BCUT2D eigenvalue weighted by Crippen LogP contribution is 2.28. The fourth-order valence-corrected chi connectivity index (χ4v) is 3.68. The number of oxime groups is 1. The fraction of sp³-hybridized carbons (Fsp3) is 0.214. The molecular formula is C14H16BrN3OS. The monoisotopic (exact) mass is 353 g/mol. The second-order valence-corrected chi connectivity index (χ2v) is 6.46. The Labute approximate surface area is 130 Å². The second kappa shape index (κ2) is 6.28. The van der Waals surface area contributed by atoms with Crippen LogP contribution in [0.3, 0.4) is 0 Å². The lowest BCUT2D eigenvalue weighted by Gasteiger charge is -2.23. The summed E-state index contributed by atoms with van der Waals surface area (Å²) in [5.74, 6) is 0.128. The van der Waals surface area contributed by atoms with Crippen molar-refractivity contribution in [1.29, 1.82) is 0 Å². The van der Waals surface area contributed by atoms with Gasteiger partial charge in [-0.05, 0) is 40.5 Å². The van der Waals surface area contributed by atoms with E-state index in [9.17, 15) is 0 Å². The predicted molar refractivity (Wildman–Crippen MR) is 87.8 cm³/mol. The van der Waals surface area contributed by atoms with Crippen LogP contribution in [-0.2, 0) is 6.54 Å². The average Bonchev–Trinajstić information content (AvgIpc) is 2.82. The summed E-state index contributed by atoms with van der Waals surface area (Å²) in [5, 5.41) is 14.1. The lowest BCUT2D eigenvalue weighted by atomic mass is 10.1. The zero-order valence-corrected chi connectivity index (χ0v) is 13.7. The van der Waals surface area contributed by atoms with Gasteiger partial charge in [-0.3, -0.25) is 0 Å². The summed E-state index contributed by atoms with van der Waals surface area (Å²) in [7, 11) is 2.00. The molecule has 0 unspecified atom stereocenters. The van der Waals surface area contributed by atoms with Crippen molar-refractivity contribution < 1.29 is 5.21 Å². The van der Waals surface area contributed by atoms with Crippen LogP contribution in [0.4, 0.5) is 5.69 Å². The first-order chi connectivity index (χ1) is 9.52. The Morgan fingerprint density at radius 3 is 2.85 bits per heavy atom. The maximum Gasteiger partial charge on any atom is 0.172 e. The quantitative estimate of drug-likeness (QED) is 0.382. The summed E-state index contributed by atoms with van der Waals surface area (Å²) in [5.41, 5.74) is 8.58. The van der Waals surface area contributed by atoms with E-state index in [4.69, 9.17) is 10.9 Å². The van der Waals surface area contributed by atoms with Gasteiger partial charge in [0.2, 0.25) is 0 Å². The molecule has 0 radical (unpaired) electrons. The van der Waals surface area contributed by atoms with Crippen molar-refractivity contribution in [3.8, 4) is 0 Å². The van der Waals surface area contributed by atoms with Gasteiger partial charge in [-0.2, -0.15) is 0 Å². The molecule has 0 saturated heterocycles. The smallest absolute Gasteiger partial charge is 0.172 e. The highest BCUT2D eigenvalue weighted by Gasteiger charge is 2.14. The molecular weight excluding hydrogens is 338 g/mol. The first kappa shape index (κ1) is 14.9. The first-order valence-corrected chi connectivity index (χ1v) is 7.71. The molecule has 1 aromatic heterocycles. The minimum Gasteiger partial charge on any atom is -0.409 e. The minimum absolute atomic E-state index is 0.128. The average molecular weight is 354 g/mol. The molecule has 4 nitrogen and oxygen atoms in total. The summed E-state index contributed by atoms with van der Waals surface area (Å²) in [6.07, 6.45) is 0. The molecule has 0 aliphatic carbocycles. The summed E-state index contributed by atoms with van der Waals surface area (Å²) >= 11 is 5.16. The van der Waals surface area contributed by atoms with Crippen molar-refractivity contribution in [2.45, 2.75) is 13.5 Å². The van der Waals surface area contributed by atoms with Crippen molar-refractivity contribution in [1.82, 2.24) is 0 Å². The first-order valence-electron chi connectivity index (χ1n) is 6.04. The van der Waals surface area contributed by atoms with Gasteiger partial charge in [0.05, 0.1) is 12.2 Å². The van der Waals surface area contributed by atoms with Crippen LogP contribution < -0.4 is 10.6 Å². The third-order valence-electron chi connectivity index (χ3n) is 3.02. The Morgan fingerprint density at radius 1 is 1.50 bits per heavy atom. The lowest BCUT2D eigenvalue weighted by Crippen LogP contribution is -2.23. The van der Waals surface area contributed by atoms with E-state index in [-0.39, 0.29) is 5.84 Å². The Bertz CT molecular complexity index is 639. The summed E-state index contributed by atoms with van der Waals surface area (Å²) in [4.78, 5) is 3.36. The van der Waals surface area contributed by atoms with Gasteiger partial charge < -0.3 is 15.8 Å². The Morgan fingerprint density at radius 2 is 2.25 bits per heavy atom. The largest absolute Gasteiger partial charge is 0.409 e. The Hall–Kier alpha value is -1.53. The standard InChI is InChI=1S/C14H16BrN3OS/c1-9-4-3-5-12(14(16)17-19)13(9)18(2)7-11-6-10(15)8-20-11/h3-6,8,19H,7H2,1-2H3,(H2,16,17). The minimum atomic E-state index is 0.128. The van der Waals surface area contributed by atoms with Crippen LogP contribution in [0.5, 0.6) is 0 Å². The number of nitrogens with zero attached hydrogens (tertiary/aromatic N) is 2. The zero-order chi connectivity index (χ0) is 14.7. The third kappa shape index (κ3) is 3.13. The summed E-state index contributed by atoms with van der Waals surface area (Å²) < 4.78 is 1.09. The third-order valence-corrected chi connectivity index (χ3v) is 4.70. The van der Waals surface area contributed by atoms with Crippen molar-refractivity contribution in [2.24, 2.45) is 10.9 Å². The van der Waals surface area contributed by atoms with Crippen LogP contribution in [0.1, 0.15) is 16.0 Å². The predicted octanol–water partition coefficient (Wildman–Crippen LogP) is 3.55. The number of para-hydroxylation sites is 1. The number of hydrogen-bond acceptors (Lipinski definition) is 4. The highest BCUT2D eigenvalue weighted by atomic mass is 79.9. The number of aryl methyl sites for hydroxylation is 1. The molecule has 0 spiro atoms. The van der Waals surface area contributed by atoms with E-state index in [1.54, 1.807) is 11.3 Å². The molecule has 0 aliphatic rings. The van der Waals surface area contributed by atoms with E-state index in [0.29, 0.717) is 0 Å². The van der Waals surface area contributed by atoms with Crippen LogP contribution in [0.15, 0.2) is 39.3 Å². The van der Waals surface area contributed by atoms with Crippen molar-refractivity contribution in [3.63, 3.8) is 0 Å². The van der Waals surface area contributed by atoms with Gasteiger partial charge in [0.15, 0.2) is 5.84 Å². The highest BCUT2D eigenvalue weighted by molar-refractivity contribution is 9.10. The van der Waals surface area contributed by atoms with Gasteiger partial charge in [-0.15, -0.1) is 11.3 Å². The Balaban J connectivity index is 2.36. The molecule has 0 saturated carbocycles. The number of thiophene rings is 1. The molecule has 1 heterocycles. The molecule has 1 aromatic carbocycles. The van der Waals surface area contributed by atoms with Crippen molar-refractivity contribution in [2.75, 3.05) is 11.9 Å². The molecule has 0 aliphatic heterocycles. The molecule has 2 rings (SSSR count). The van der Waals surface area contributed by atoms with Crippen LogP contribution in [0, 0.1) is 6.92 Å². The number of nitrogens with two attached hydrogens (primary N) is 1. The van der Waals surface area contributed by atoms with Gasteiger partial charge in [-0.25, -0.2) is 0 Å². The number of rotatable bonds is 4. The normalized spacial score (nSPS) is 11.7. The fourth-order valence-electron chi connectivity index (χ4n) is 2.18. The molecule has 6 heteroatoms. The van der Waals surface area contributed by atoms with Gasteiger partial charge in [0.25, 0.3) is 0 Å². The maximum atomic E-state index is 8.92. The Kier molecular flexibility index (Phi) is 4.67. The van der Waals surface area contributed by atoms with Crippen molar-refractivity contribution in [3.05, 3.63) is 50.1 Å². The van der Waals surface area contributed by atoms with E-state index in [0.717, 1.165) is 27.8 Å². The van der Waals surface area contributed by atoms with Crippen LogP contribution >= 0.6 is 27.3 Å². The molecule has 0 atom stereocenters. The summed E-state index contributed by atoms with van der Waals surface area (Å²) in [6, 6.07) is 7.88. The van der Waals surface area contributed by atoms with E-state index in [1.165, 1.54) is 4.88 Å². The lowest BCUT2D eigenvalue weighted by molar-refractivity contribution is 0.318. The van der Waals surface area contributed by atoms with Crippen molar-refractivity contribution >= 4 is 38.8 Å². The number of hydrogen-bond donors (Lipinski definition) is 2. The molecule has 20 heavy (non-hydrogen) atoms. The van der Waals surface area contributed by atoms with Crippen LogP contribution in [0.2, 0.25) is 0 Å². The van der Waals surface area contributed by atoms with Crippen LogP contribution in [-0.4, -0.2) is 18.1 Å². The molecule has 0 bridgehead atoms. The zero-order valence-electron chi connectivity index (χ0n) is 11.3. The van der Waals surface area contributed by atoms with Gasteiger partial charge in [0.1, 0.15) is 0 Å². The number of benzene rings is 1. The number of halogens is 1. The number of anilines is 1. The van der Waals surface area contributed by atoms with E-state index >= 15 is 0 Å². The maximum absolute atomic E-state index is 8.92.